The summed E-state index contributed by atoms with van der Waals surface area (Å²) in [5, 5.41) is 20.8. The lowest BCUT2D eigenvalue weighted by Gasteiger charge is -2.32. The van der Waals surface area contributed by atoms with Crippen LogP contribution >= 0.6 is 0 Å². The second-order valence-corrected chi connectivity index (χ2v) is 5.53. The Bertz CT molecular complexity index is 368. The minimum Gasteiger partial charge on any atom is -0.390 e. The Kier molecular flexibility index (Phi) is 4.40. The molecular weight excluding hydrogens is 228 g/mol. The van der Waals surface area contributed by atoms with E-state index in [1.54, 1.807) is 6.20 Å². The zero-order valence-corrected chi connectivity index (χ0v) is 11.2. The predicted octanol–water partition coefficient (Wildman–Crippen LogP) is 1.80. The molecule has 4 heteroatoms. The molecule has 1 fully saturated rings. The molecule has 102 valence electrons. The van der Waals surface area contributed by atoms with Crippen molar-refractivity contribution >= 4 is 0 Å². The van der Waals surface area contributed by atoms with Gasteiger partial charge in [-0.3, -0.25) is 0 Å². The Morgan fingerprint density at radius 3 is 2.56 bits per heavy atom. The molecule has 1 aromatic rings. The van der Waals surface area contributed by atoms with Crippen molar-refractivity contribution in [3.63, 3.8) is 0 Å². The van der Waals surface area contributed by atoms with E-state index in [1.807, 2.05) is 17.8 Å². The third-order valence-corrected chi connectivity index (χ3v) is 4.15. The van der Waals surface area contributed by atoms with Gasteiger partial charge in [-0.25, -0.2) is 4.98 Å². The van der Waals surface area contributed by atoms with E-state index in [0.29, 0.717) is 12.8 Å². The van der Waals surface area contributed by atoms with E-state index >= 15 is 0 Å². The molecule has 0 aromatic carbocycles. The van der Waals surface area contributed by atoms with Crippen molar-refractivity contribution in [2.75, 3.05) is 0 Å². The average molecular weight is 252 g/mol. The molecule has 0 bridgehead atoms. The van der Waals surface area contributed by atoms with Crippen LogP contribution in [0.5, 0.6) is 0 Å². The number of aliphatic hydroxyl groups is 2. The van der Waals surface area contributed by atoms with Gasteiger partial charge >= 0.3 is 0 Å². The molecule has 1 aliphatic carbocycles. The van der Waals surface area contributed by atoms with Crippen LogP contribution in [0.1, 0.15) is 50.8 Å². The van der Waals surface area contributed by atoms with Crippen molar-refractivity contribution in [3.8, 4) is 0 Å². The Morgan fingerprint density at radius 1 is 1.33 bits per heavy atom. The Balaban J connectivity index is 1.90. The van der Waals surface area contributed by atoms with Crippen LogP contribution < -0.4 is 0 Å². The van der Waals surface area contributed by atoms with Gasteiger partial charge in [0.1, 0.15) is 5.82 Å². The van der Waals surface area contributed by atoms with Crippen molar-refractivity contribution in [2.24, 2.45) is 7.05 Å². The highest BCUT2D eigenvalue weighted by Crippen LogP contribution is 2.31. The van der Waals surface area contributed by atoms with E-state index < -0.39 is 11.7 Å². The monoisotopic (exact) mass is 252 g/mol. The second kappa shape index (κ2) is 5.85. The normalized spacial score (nSPS) is 21.5. The van der Waals surface area contributed by atoms with Crippen LogP contribution in [0.25, 0.3) is 0 Å². The first kappa shape index (κ1) is 13.6. The third kappa shape index (κ3) is 3.12. The van der Waals surface area contributed by atoms with Crippen LogP contribution in [-0.2, 0) is 13.5 Å². The molecule has 2 rings (SSSR count). The van der Waals surface area contributed by atoms with E-state index in [2.05, 4.69) is 4.98 Å². The maximum atomic E-state index is 10.5. The molecule has 0 amide bonds. The summed E-state index contributed by atoms with van der Waals surface area (Å²) in [4.78, 5) is 4.24. The van der Waals surface area contributed by atoms with E-state index in [1.165, 1.54) is 12.8 Å². The molecule has 0 radical (unpaired) electrons. The van der Waals surface area contributed by atoms with Gasteiger partial charge in [0, 0.05) is 25.9 Å². The largest absolute Gasteiger partial charge is 0.390 e. The number of aromatic nitrogens is 2. The quantitative estimate of drug-likeness (QED) is 0.803. The number of rotatable bonds is 4. The number of hydrogen-bond donors (Lipinski definition) is 2. The molecule has 1 saturated carbocycles. The highest BCUT2D eigenvalue weighted by molar-refractivity contribution is 4.94. The topological polar surface area (TPSA) is 58.3 Å². The van der Waals surface area contributed by atoms with Crippen molar-refractivity contribution in [2.45, 2.75) is 63.1 Å². The van der Waals surface area contributed by atoms with Gasteiger partial charge in [-0.05, 0) is 19.3 Å². The molecule has 0 saturated heterocycles. The van der Waals surface area contributed by atoms with Gasteiger partial charge in [0.2, 0.25) is 0 Å². The number of aryl methyl sites for hydroxylation is 2. The molecular formula is C14H24N2O2. The molecule has 18 heavy (non-hydrogen) atoms. The van der Waals surface area contributed by atoms with E-state index in [0.717, 1.165) is 31.5 Å². The van der Waals surface area contributed by atoms with Gasteiger partial charge in [0.05, 0.1) is 11.7 Å². The van der Waals surface area contributed by atoms with E-state index in [-0.39, 0.29) is 0 Å². The van der Waals surface area contributed by atoms with Crippen LogP contribution in [0.15, 0.2) is 12.4 Å². The summed E-state index contributed by atoms with van der Waals surface area (Å²) in [5.74, 6) is 0.964. The van der Waals surface area contributed by atoms with Gasteiger partial charge in [0.15, 0.2) is 0 Å². The molecule has 1 aliphatic rings. The van der Waals surface area contributed by atoms with Crippen LogP contribution in [0, 0.1) is 0 Å². The molecule has 1 atom stereocenters. The third-order valence-electron chi connectivity index (χ3n) is 4.15. The second-order valence-electron chi connectivity index (χ2n) is 5.53. The molecule has 0 aliphatic heterocycles. The lowest BCUT2D eigenvalue weighted by molar-refractivity contribution is -0.0872. The summed E-state index contributed by atoms with van der Waals surface area (Å²) >= 11 is 0. The lowest BCUT2D eigenvalue weighted by atomic mass is 9.86. The van der Waals surface area contributed by atoms with Crippen molar-refractivity contribution in [1.29, 1.82) is 0 Å². The minimum atomic E-state index is -0.873. The van der Waals surface area contributed by atoms with Gasteiger partial charge in [-0.2, -0.15) is 0 Å². The van der Waals surface area contributed by atoms with Crippen LogP contribution in [-0.4, -0.2) is 31.5 Å². The molecule has 2 N–H and O–H groups in total. The minimum absolute atomic E-state index is 0.585. The smallest absolute Gasteiger partial charge is 0.108 e. The first-order valence-corrected chi connectivity index (χ1v) is 6.98. The summed E-state index contributed by atoms with van der Waals surface area (Å²) in [6, 6.07) is 0. The van der Waals surface area contributed by atoms with Crippen LogP contribution in [0.2, 0.25) is 0 Å². The summed E-state index contributed by atoms with van der Waals surface area (Å²) in [6.07, 6.45) is 10.2. The van der Waals surface area contributed by atoms with Gasteiger partial charge < -0.3 is 14.8 Å². The molecule has 1 unspecified atom stereocenters. The first-order chi connectivity index (χ1) is 8.62. The highest BCUT2D eigenvalue weighted by Gasteiger charge is 2.35. The maximum Gasteiger partial charge on any atom is 0.108 e. The average Bonchev–Trinajstić information content (AvgIpc) is 2.61. The van der Waals surface area contributed by atoms with E-state index in [4.69, 9.17) is 0 Å². The summed E-state index contributed by atoms with van der Waals surface area (Å²) < 4.78 is 1.96. The van der Waals surface area contributed by atoms with Crippen LogP contribution in [0.3, 0.4) is 0 Å². The van der Waals surface area contributed by atoms with Gasteiger partial charge in [0.25, 0.3) is 0 Å². The summed E-state index contributed by atoms with van der Waals surface area (Å²) in [5.41, 5.74) is -0.873. The maximum absolute atomic E-state index is 10.5. The van der Waals surface area contributed by atoms with Gasteiger partial charge in [-0.15, -0.1) is 0 Å². The number of imidazole rings is 1. The van der Waals surface area contributed by atoms with Crippen LogP contribution in [0.4, 0.5) is 0 Å². The predicted molar refractivity (Wildman–Crippen MR) is 70.2 cm³/mol. The van der Waals surface area contributed by atoms with E-state index in [9.17, 15) is 10.2 Å². The lowest BCUT2D eigenvalue weighted by Crippen LogP contribution is -2.42. The van der Waals surface area contributed by atoms with Crippen molar-refractivity contribution < 1.29 is 10.2 Å². The standard InChI is InChI=1S/C14H24N2O2/c1-16-11-10-15-13(16)7-6-12(17)14(18)8-4-2-3-5-9-14/h10-12,17-18H,2-9H2,1H3. The number of aliphatic hydroxyl groups excluding tert-OH is 1. The first-order valence-electron chi connectivity index (χ1n) is 6.98. The zero-order valence-electron chi connectivity index (χ0n) is 11.2. The summed E-state index contributed by atoms with van der Waals surface area (Å²) in [6.45, 7) is 0. The fourth-order valence-electron chi connectivity index (χ4n) is 2.85. The van der Waals surface area contributed by atoms with Crippen molar-refractivity contribution in [1.82, 2.24) is 9.55 Å². The Labute approximate surface area is 109 Å². The molecule has 0 spiro atoms. The highest BCUT2D eigenvalue weighted by atomic mass is 16.3. The Morgan fingerprint density at radius 2 is 2.00 bits per heavy atom. The summed E-state index contributed by atoms with van der Waals surface area (Å²) in [7, 11) is 1.95. The SMILES string of the molecule is Cn1ccnc1CCC(O)C1(O)CCCCCC1. The fraction of sp³-hybridized carbons (Fsp3) is 0.786. The van der Waals surface area contributed by atoms with Crippen molar-refractivity contribution in [3.05, 3.63) is 18.2 Å². The van der Waals surface area contributed by atoms with Gasteiger partial charge in [-0.1, -0.05) is 25.7 Å². The molecule has 1 heterocycles. The Hall–Kier alpha value is -0.870. The molecule has 4 nitrogen and oxygen atoms in total. The number of hydrogen-bond acceptors (Lipinski definition) is 3. The zero-order chi connectivity index (χ0) is 13.0. The number of nitrogens with zero attached hydrogens (tertiary/aromatic N) is 2. The molecule has 1 aromatic heterocycles. The fourth-order valence-corrected chi connectivity index (χ4v) is 2.85.